The van der Waals surface area contributed by atoms with Crippen molar-refractivity contribution in [3.8, 4) is 0 Å². The normalized spacial score (nSPS) is 19.2. The average Bonchev–Trinajstić information content (AvgIpc) is 3.28. The predicted molar refractivity (Wildman–Crippen MR) is 91.6 cm³/mol. The maximum Gasteiger partial charge on any atom is 0.231 e. The minimum atomic E-state index is -0.207. The SMILES string of the molecule is Cc1nnc(SCC(=O)c2ccc3c(c2)[C@H](C)C(=O)N3)n1C1CC1. The Morgan fingerprint density at radius 1 is 1.38 bits per heavy atom. The van der Waals surface area contributed by atoms with E-state index in [2.05, 4.69) is 20.1 Å². The van der Waals surface area contributed by atoms with Crippen LogP contribution in [0, 0.1) is 6.92 Å². The van der Waals surface area contributed by atoms with Crippen molar-refractivity contribution in [1.82, 2.24) is 14.8 Å². The summed E-state index contributed by atoms with van der Waals surface area (Å²) in [6.45, 7) is 3.80. The molecule has 1 amide bonds. The Balaban J connectivity index is 1.49. The number of aromatic nitrogens is 3. The summed E-state index contributed by atoms with van der Waals surface area (Å²) >= 11 is 1.43. The number of rotatable bonds is 5. The Hall–Kier alpha value is -2.15. The van der Waals surface area contributed by atoms with Gasteiger partial charge in [-0.1, -0.05) is 11.8 Å². The Kier molecular flexibility index (Phi) is 3.68. The van der Waals surface area contributed by atoms with Gasteiger partial charge in [-0.15, -0.1) is 10.2 Å². The number of nitrogens with zero attached hydrogens (tertiary/aromatic N) is 3. The van der Waals surface area contributed by atoms with E-state index in [-0.39, 0.29) is 17.6 Å². The standard InChI is InChI=1S/C17H18N4O2S/c1-9-13-7-11(3-6-14(13)18-16(9)23)15(22)8-24-17-20-19-10(2)21(17)12-4-5-12/h3,6-7,9,12H,4-5,8H2,1-2H3,(H,18,23)/t9-/m0/s1. The summed E-state index contributed by atoms with van der Waals surface area (Å²) in [5.41, 5.74) is 2.34. The van der Waals surface area contributed by atoms with E-state index in [9.17, 15) is 9.59 Å². The van der Waals surface area contributed by atoms with Gasteiger partial charge in [0.05, 0.1) is 11.7 Å². The smallest absolute Gasteiger partial charge is 0.231 e. The summed E-state index contributed by atoms with van der Waals surface area (Å²) in [6.07, 6.45) is 2.31. The van der Waals surface area contributed by atoms with Crippen molar-refractivity contribution in [2.24, 2.45) is 0 Å². The summed E-state index contributed by atoms with van der Waals surface area (Å²) in [4.78, 5) is 24.2. The quantitative estimate of drug-likeness (QED) is 0.668. The van der Waals surface area contributed by atoms with Gasteiger partial charge in [-0.3, -0.25) is 9.59 Å². The Morgan fingerprint density at radius 2 is 2.17 bits per heavy atom. The fourth-order valence-electron chi connectivity index (χ4n) is 3.01. The van der Waals surface area contributed by atoms with E-state index >= 15 is 0 Å². The fourth-order valence-corrected chi connectivity index (χ4v) is 3.95. The molecule has 0 radical (unpaired) electrons. The van der Waals surface area contributed by atoms with Gasteiger partial charge in [0.1, 0.15) is 5.82 Å². The molecule has 1 fully saturated rings. The highest BCUT2D eigenvalue weighted by Crippen LogP contribution is 2.38. The van der Waals surface area contributed by atoms with Crippen LogP contribution in [-0.4, -0.2) is 32.2 Å². The number of fused-ring (bicyclic) bond motifs is 1. The van der Waals surface area contributed by atoms with Gasteiger partial charge in [0.2, 0.25) is 5.91 Å². The van der Waals surface area contributed by atoms with E-state index in [1.165, 1.54) is 11.8 Å². The summed E-state index contributed by atoms with van der Waals surface area (Å²) in [6, 6.07) is 5.91. The summed E-state index contributed by atoms with van der Waals surface area (Å²) in [7, 11) is 0. The number of thioether (sulfide) groups is 1. The van der Waals surface area contributed by atoms with Crippen LogP contribution < -0.4 is 5.32 Å². The summed E-state index contributed by atoms with van der Waals surface area (Å²) < 4.78 is 2.13. The van der Waals surface area contributed by atoms with Crippen molar-refractivity contribution in [2.75, 3.05) is 11.1 Å². The third kappa shape index (κ3) is 2.62. The van der Waals surface area contributed by atoms with Crippen LogP contribution in [0.15, 0.2) is 23.4 Å². The molecule has 2 heterocycles. The summed E-state index contributed by atoms with van der Waals surface area (Å²) in [5, 5.41) is 12.0. The lowest BCUT2D eigenvalue weighted by Gasteiger charge is -2.07. The van der Waals surface area contributed by atoms with Crippen LogP contribution in [0.4, 0.5) is 5.69 Å². The van der Waals surface area contributed by atoms with Crippen LogP contribution in [-0.2, 0) is 4.79 Å². The zero-order valence-corrected chi connectivity index (χ0v) is 14.4. The van der Waals surface area contributed by atoms with Crippen molar-refractivity contribution >= 4 is 29.1 Å². The molecule has 1 aromatic carbocycles. The molecule has 2 aromatic rings. The van der Waals surface area contributed by atoms with Crippen molar-refractivity contribution in [3.05, 3.63) is 35.2 Å². The fraction of sp³-hybridized carbons (Fsp3) is 0.412. The highest BCUT2D eigenvalue weighted by atomic mass is 32.2. The van der Waals surface area contributed by atoms with Crippen LogP contribution in [0.1, 0.15) is 53.5 Å². The van der Waals surface area contributed by atoms with Gasteiger partial charge in [0.15, 0.2) is 10.9 Å². The Labute approximate surface area is 144 Å². The van der Waals surface area contributed by atoms with Crippen molar-refractivity contribution in [3.63, 3.8) is 0 Å². The number of Topliss-reactive ketones (excluding diaryl/α,β-unsaturated/α-hetero) is 1. The molecule has 0 bridgehead atoms. The van der Waals surface area contributed by atoms with Crippen molar-refractivity contribution in [1.29, 1.82) is 0 Å². The van der Waals surface area contributed by atoms with Crippen LogP contribution in [0.25, 0.3) is 0 Å². The van der Waals surface area contributed by atoms with Crippen LogP contribution in [0.3, 0.4) is 0 Å². The molecular weight excluding hydrogens is 324 g/mol. The molecule has 2 aliphatic rings. The minimum absolute atomic E-state index is 0.0167. The number of hydrogen-bond acceptors (Lipinski definition) is 5. The number of anilines is 1. The second-order valence-electron chi connectivity index (χ2n) is 6.36. The van der Waals surface area contributed by atoms with E-state index in [0.29, 0.717) is 17.4 Å². The first-order chi connectivity index (χ1) is 11.5. The van der Waals surface area contributed by atoms with E-state index in [1.54, 1.807) is 6.07 Å². The van der Waals surface area contributed by atoms with Gasteiger partial charge in [-0.05, 0) is 50.5 Å². The zero-order valence-electron chi connectivity index (χ0n) is 13.6. The first kappa shape index (κ1) is 15.4. The molecule has 0 spiro atoms. The number of benzene rings is 1. The lowest BCUT2D eigenvalue weighted by Crippen LogP contribution is -2.08. The number of amides is 1. The lowest BCUT2D eigenvalue weighted by atomic mass is 9.99. The Bertz CT molecular complexity index is 841. The Morgan fingerprint density at radius 3 is 2.92 bits per heavy atom. The maximum atomic E-state index is 12.5. The molecule has 6 nitrogen and oxygen atoms in total. The predicted octanol–water partition coefficient (Wildman–Crippen LogP) is 2.95. The molecule has 1 aliphatic carbocycles. The van der Waals surface area contributed by atoms with Crippen molar-refractivity contribution < 1.29 is 9.59 Å². The molecule has 24 heavy (non-hydrogen) atoms. The number of carbonyl (C=O) groups excluding carboxylic acids is 2. The van der Waals surface area contributed by atoms with E-state index in [1.807, 2.05) is 26.0 Å². The summed E-state index contributed by atoms with van der Waals surface area (Å²) in [5.74, 6) is 1.04. The van der Waals surface area contributed by atoms with Gasteiger partial charge in [-0.25, -0.2) is 0 Å². The second kappa shape index (κ2) is 5.73. The van der Waals surface area contributed by atoms with E-state index in [0.717, 1.165) is 35.1 Å². The molecule has 4 rings (SSSR count). The molecule has 1 saturated carbocycles. The van der Waals surface area contributed by atoms with Gasteiger partial charge in [-0.2, -0.15) is 0 Å². The number of carbonyl (C=O) groups is 2. The van der Waals surface area contributed by atoms with Crippen LogP contribution >= 0.6 is 11.8 Å². The topological polar surface area (TPSA) is 76.9 Å². The van der Waals surface area contributed by atoms with E-state index < -0.39 is 0 Å². The first-order valence-corrected chi connectivity index (χ1v) is 9.05. The van der Waals surface area contributed by atoms with E-state index in [4.69, 9.17) is 0 Å². The van der Waals surface area contributed by atoms with Gasteiger partial charge in [0.25, 0.3) is 0 Å². The highest BCUT2D eigenvalue weighted by Gasteiger charge is 2.29. The number of hydrogen-bond donors (Lipinski definition) is 1. The van der Waals surface area contributed by atoms with Gasteiger partial charge < -0.3 is 9.88 Å². The number of nitrogens with one attached hydrogen (secondary N) is 1. The molecule has 1 aliphatic heterocycles. The molecule has 7 heteroatoms. The molecule has 1 aromatic heterocycles. The number of aryl methyl sites for hydroxylation is 1. The first-order valence-electron chi connectivity index (χ1n) is 8.07. The molecule has 0 unspecified atom stereocenters. The number of ketones is 1. The van der Waals surface area contributed by atoms with Crippen LogP contribution in [0.5, 0.6) is 0 Å². The monoisotopic (exact) mass is 342 g/mol. The molecule has 1 atom stereocenters. The highest BCUT2D eigenvalue weighted by molar-refractivity contribution is 7.99. The zero-order chi connectivity index (χ0) is 16.8. The lowest BCUT2D eigenvalue weighted by molar-refractivity contribution is -0.116. The van der Waals surface area contributed by atoms with Crippen molar-refractivity contribution in [2.45, 2.75) is 43.8 Å². The molecule has 0 saturated heterocycles. The van der Waals surface area contributed by atoms with Gasteiger partial charge in [0, 0.05) is 17.3 Å². The molecular formula is C17H18N4O2S. The molecule has 124 valence electrons. The minimum Gasteiger partial charge on any atom is -0.325 e. The molecule has 1 N–H and O–H groups in total. The van der Waals surface area contributed by atoms with Gasteiger partial charge >= 0.3 is 0 Å². The largest absolute Gasteiger partial charge is 0.325 e. The third-order valence-electron chi connectivity index (χ3n) is 4.57. The van der Waals surface area contributed by atoms with Crippen LogP contribution in [0.2, 0.25) is 0 Å². The second-order valence-corrected chi connectivity index (χ2v) is 7.30. The average molecular weight is 342 g/mol. The third-order valence-corrected chi connectivity index (χ3v) is 5.51. The maximum absolute atomic E-state index is 12.5.